The second kappa shape index (κ2) is 8.88. The van der Waals surface area contributed by atoms with Crippen LogP contribution < -0.4 is 5.73 Å². The van der Waals surface area contributed by atoms with E-state index < -0.39 is 0 Å². The highest BCUT2D eigenvalue weighted by atomic mass is 16.2. The smallest absolute Gasteiger partial charge is 0.238 e. The number of hydrazine groups is 1. The van der Waals surface area contributed by atoms with Crippen molar-refractivity contribution < 1.29 is 4.79 Å². The second-order valence-corrected chi connectivity index (χ2v) is 3.25. The van der Waals surface area contributed by atoms with Crippen molar-refractivity contribution in [1.82, 2.24) is 10.0 Å². The summed E-state index contributed by atoms with van der Waals surface area (Å²) < 4.78 is 0. The lowest BCUT2D eigenvalue weighted by Gasteiger charge is -2.32. The van der Waals surface area contributed by atoms with Crippen molar-refractivity contribution in [1.29, 1.82) is 0 Å². The molecule has 0 atom stereocenters. The molecule has 0 rings (SSSR count). The van der Waals surface area contributed by atoms with Gasteiger partial charge in [-0.15, -0.1) is 19.7 Å². The van der Waals surface area contributed by atoms with Crippen molar-refractivity contribution in [3.8, 4) is 0 Å². The van der Waals surface area contributed by atoms with Crippen LogP contribution >= 0.6 is 0 Å². The monoisotopic (exact) mass is 223 g/mol. The first-order valence-electron chi connectivity index (χ1n) is 5.29. The molecule has 1 amide bonds. The number of rotatable bonds is 9. The minimum atomic E-state index is -0.00824. The Kier molecular flexibility index (Phi) is 8.11. The van der Waals surface area contributed by atoms with E-state index in [-0.39, 0.29) is 5.91 Å². The maximum Gasteiger partial charge on any atom is 0.238 e. The van der Waals surface area contributed by atoms with E-state index in [0.717, 1.165) is 0 Å². The number of nitrogens with zero attached hydrogens (tertiary/aromatic N) is 2. The van der Waals surface area contributed by atoms with Gasteiger partial charge in [0, 0.05) is 26.1 Å². The van der Waals surface area contributed by atoms with Crippen molar-refractivity contribution >= 4 is 5.91 Å². The summed E-state index contributed by atoms with van der Waals surface area (Å²) >= 11 is 0. The normalized spacial score (nSPS) is 9.88. The van der Waals surface area contributed by atoms with E-state index in [1.807, 2.05) is 5.01 Å². The number of amides is 1. The van der Waals surface area contributed by atoms with Crippen molar-refractivity contribution in [3.05, 3.63) is 38.0 Å². The molecule has 2 N–H and O–H groups in total. The van der Waals surface area contributed by atoms with Gasteiger partial charge in [-0.3, -0.25) is 9.80 Å². The minimum absolute atomic E-state index is 0.00824. The van der Waals surface area contributed by atoms with Crippen molar-refractivity contribution in [2.24, 2.45) is 5.73 Å². The van der Waals surface area contributed by atoms with E-state index in [0.29, 0.717) is 32.6 Å². The van der Waals surface area contributed by atoms with Gasteiger partial charge < -0.3 is 5.73 Å². The van der Waals surface area contributed by atoms with E-state index in [9.17, 15) is 4.79 Å². The number of carbonyl (C=O) groups excluding carboxylic acids is 1. The van der Waals surface area contributed by atoms with E-state index in [2.05, 4.69) is 19.7 Å². The highest BCUT2D eigenvalue weighted by Gasteiger charge is 2.17. The predicted octanol–water partition coefficient (Wildman–Crippen LogP) is 0.939. The molecule has 0 fully saturated rings. The molecule has 0 bridgehead atoms. The van der Waals surface area contributed by atoms with Crippen LogP contribution in [0.15, 0.2) is 38.0 Å². The molecule has 0 spiro atoms. The van der Waals surface area contributed by atoms with Gasteiger partial charge in [-0.2, -0.15) is 0 Å². The van der Waals surface area contributed by atoms with Crippen LogP contribution in [0.25, 0.3) is 0 Å². The number of hydrogen-bond acceptors (Lipinski definition) is 3. The summed E-state index contributed by atoms with van der Waals surface area (Å²) in [5.74, 6) is -0.00824. The van der Waals surface area contributed by atoms with E-state index in [1.54, 1.807) is 23.2 Å². The molecule has 4 heteroatoms. The predicted molar refractivity (Wildman–Crippen MR) is 67.5 cm³/mol. The van der Waals surface area contributed by atoms with Crippen molar-refractivity contribution in [3.63, 3.8) is 0 Å². The summed E-state index contributed by atoms with van der Waals surface area (Å²) in [5.41, 5.74) is 5.38. The van der Waals surface area contributed by atoms with Gasteiger partial charge in [0.1, 0.15) is 0 Å². The molecule has 0 aromatic carbocycles. The first-order chi connectivity index (χ1) is 7.71. The van der Waals surface area contributed by atoms with Crippen LogP contribution in [0.3, 0.4) is 0 Å². The molecule has 16 heavy (non-hydrogen) atoms. The van der Waals surface area contributed by atoms with Gasteiger partial charge in [-0.05, 0) is 0 Å². The lowest BCUT2D eigenvalue weighted by atomic mass is 10.3. The SMILES string of the molecule is C=CCN(CC=C)N(CC=C)C(=O)CCN. The molecule has 4 nitrogen and oxygen atoms in total. The zero-order valence-electron chi connectivity index (χ0n) is 9.77. The molecule has 0 unspecified atom stereocenters. The standard InChI is InChI=1S/C12H21N3O/c1-4-9-14(10-5-2)15(11-6-3)12(16)7-8-13/h4-6H,1-3,7-11,13H2. The van der Waals surface area contributed by atoms with Gasteiger partial charge in [-0.1, -0.05) is 18.2 Å². The Bertz CT molecular complexity index is 241. The Morgan fingerprint density at radius 3 is 1.94 bits per heavy atom. The summed E-state index contributed by atoms with van der Waals surface area (Å²) in [6, 6.07) is 0. The van der Waals surface area contributed by atoms with Crippen LogP contribution in [0, 0.1) is 0 Å². The summed E-state index contributed by atoms with van der Waals surface area (Å²) in [4.78, 5) is 11.8. The van der Waals surface area contributed by atoms with Gasteiger partial charge in [0.25, 0.3) is 0 Å². The van der Waals surface area contributed by atoms with Gasteiger partial charge in [0.2, 0.25) is 5.91 Å². The quantitative estimate of drug-likeness (QED) is 0.467. The highest BCUT2D eigenvalue weighted by Crippen LogP contribution is 2.02. The molecular formula is C12H21N3O. The fourth-order valence-electron chi connectivity index (χ4n) is 1.32. The number of carbonyl (C=O) groups is 1. The third-order valence-electron chi connectivity index (χ3n) is 1.97. The summed E-state index contributed by atoms with van der Waals surface area (Å²) in [5, 5.41) is 3.49. The largest absolute Gasteiger partial charge is 0.330 e. The molecule has 0 aliphatic rings. The Balaban J connectivity index is 4.65. The van der Waals surface area contributed by atoms with Crippen LogP contribution in [-0.4, -0.2) is 42.1 Å². The highest BCUT2D eigenvalue weighted by molar-refractivity contribution is 5.76. The van der Waals surface area contributed by atoms with Crippen LogP contribution in [0.5, 0.6) is 0 Å². The molecular weight excluding hydrogens is 202 g/mol. The summed E-state index contributed by atoms with van der Waals surface area (Å²) in [7, 11) is 0. The molecule has 0 saturated heterocycles. The average Bonchev–Trinajstić information content (AvgIpc) is 2.26. The Labute approximate surface area is 97.7 Å². The Morgan fingerprint density at radius 1 is 1.06 bits per heavy atom. The summed E-state index contributed by atoms with van der Waals surface area (Å²) in [6.07, 6.45) is 5.51. The Hall–Kier alpha value is -1.39. The van der Waals surface area contributed by atoms with Gasteiger partial charge in [-0.25, -0.2) is 5.01 Å². The maximum atomic E-state index is 11.8. The van der Waals surface area contributed by atoms with Gasteiger partial charge in [0.15, 0.2) is 0 Å². The van der Waals surface area contributed by atoms with Crippen LogP contribution in [0.1, 0.15) is 6.42 Å². The molecule has 90 valence electrons. The fourth-order valence-corrected chi connectivity index (χ4v) is 1.32. The summed E-state index contributed by atoms with van der Waals surface area (Å²) in [6.45, 7) is 13.0. The first-order valence-corrected chi connectivity index (χ1v) is 5.29. The molecule has 0 saturated carbocycles. The van der Waals surface area contributed by atoms with E-state index in [1.165, 1.54) is 0 Å². The number of nitrogens with two attached hydrogens (primary N) is 1. The average molecular weight is 223 g/mol. The molecule has 0 radical (unpaired) electrons. The molecule has 0 heterocycles. The fraction of sp³-hybridized carbons (Fsp3) is 0.417. The second-order valence-electron chi connectivity index (χ2n) is 3.25. The third kappa shape index (κ3) is 4.91. The molecule has 0 aromatic heterocycles. The van der Waals surface area contributed by atoms with E-state index in [4.69, 9.17) is 5.73 Å². The molecule has 0 aliphatic heterocycles. The molecule has 0 aromatic rings. The van der Waals surface area contributed by atoms with Gasteiger partial charge >= 0.3 is 0 Å². The van der Waals surface area contributed by atoms with Crippen LogP contribution in [0.4, 0.5) is 0 Å². The number of hydrogen-bond donors (Lipinski definition) is 1. The Morgan fingerprint density at radius 2 is 1.56 bits per heavy atom. The lowest BCUT2D eigenvalue weighted by Crippen LogP contribution is -2.47. The van der Waals surface area contributed by atoms with Crippen LogP contribution in [-0.2, 0) is 4.79 Å². The van der Waals surface area contributed by atoms with Crippen molar-refractivity contribution in [2.75, 3.05) is 26.2 Å². The van der Waals surface area contributed by atoms with Crippen molar-refractivity contribution in [2.45, 2.75) is 6.42 Å². The zero-order chi connectivity index (χ0) is 12.4. The first kappa shape index (κ1) is 14.6. The topological polar surface area (TPSA) is 49.6 Å². The van der Waals surface area contributed by atoms with Gasteiger partial charge in [0.05, 0.1) is 6.54 Å². The lowest BCUT2D eigenvalue weighted by molar-refractivity contribution is -0.145. The van der Waals surface area contributed by atoms with E-state index >= 15 is 0 Å². The van der Waals surface area contributed by atoms with Crippen LogP contribution in [0.2, 0.25) is 0 Å². The maximum absolute atomic E-state index is 11.8. The zero-order valence-corrected chi connectivity index (χ0v) is 9.77. The molecule has 0 aliphatic carbocycles. The third-order valence-corrected chi connectivity index (χ3v) is 1.97. The minimum Gasteiger partial charge on any atom is -0.330 e.